The minimum Gasteiger partial charge on any atom is -0.487 e. The van der Waals surface area contributed by atoms with Crippen LogP contribution in [0.2, 0.25) is 0 Å². The summed E-state index contributed by atoms with van der Waals surface area (Å²) in [6.45, 7) is 4.03. The number of rotatable bonds is 2. The first kappa shape index (κ1) is 13.2. The van der Waals surface area contributed by atoms with Crippen LogP contribution in [0.1, 0.15) is 44.2 Å². The quantitative estimate of drug-likeness (QED) is 0.754. The summed E-state index contributed by atoms with van der Waals surface area (Å²) < 4.78 is 43.8. The predicted molar refractivity (Wildman–Crippen MR) is 63.7 cm³/mol. The second kappa shape index (κ2) is 4.48. The van der Waals surface area contributed by atoms with E-state index < -0.39 is 11.7 Å². The van der Waals surface area contributed by atoms with Crippen LogP contribution in [0.5, 0.6) is 5.75 Å². The van der Waals surface area contributed by atoms with Crippen LogP contribution in [0, 0.1) is 0 Å². The van der Waals surface area contributed by atoms with E-state index in [4.69, 9.17) is 4.74 Å². The van der Waals surface area contributed by atoms with Gasteiger partial charge >= 0.3 is 6.18 Å². The maximum atomic E-state index is 12.7. The molecule has 100 valence electrons. The molecular weight excluding hydrogens is 241 g/mol. The van der Waals surface area contributed by atoms with Crippen molar-refractivity contribution in [3.8, 4) is 5.75 Å². The first-order valence-corrected chi connectivity index (χ1v) is 6.29. The molecule has 0 spiro atoms. The molecule has 0 fully saturated rings. The van der Waals surface area contributed by atoms with Crippen molar-refractivity contribution in [2.75, 3.05) is 0 Å². The summed E-state index contributed by atoms with van der Waals surface area (Å²) in [4.78, 5) is 0. The Morgan fingerprint density at radius 2 is 1.89 bits per heavy atom. The number of aryl methyl sites for hydroxylation is 1. The smallest absolute Gasteiger partial charge is 0.416 e. The van der Waals surface area contributed by atoms with Gasteiger partial charge in [0.1, 0.15) is 11.4 Å². The molecule has 0 atom stereocenters. The van der Waals surface area contributed by atoms with Crippen LogP contribution in [0.25, 0.3) is 0 Å². The number of halogens is 3. The molecule has 0 unspecified atom stereocenters. The molecule has 1 aliphatic rings. The lowest BCUT2D eigenvalue weighted by atomic mass is 9.86. The van der Waals surface area contributed by atoms with E-state index in [2.05, 4.69) is 0 Å². The van der Waals surface area contributed by atoms with E-state index in [-0.39, 0.29) is 5.60 Å². The van der Waals surface area contributed by atoms with Gasteiger partial charge in [-0.3, -0.25) is 0 Å². The average molecular weight is 258 g/mol. The summed E-state index contributed by atoms with van der Waals surface area (Å²) in [7, 11) is 0. The maximum absolute atomic E-state index is 12.7. The predicted octanol–water partition coefficient (Wildman–Crippen LogP) is 4.59. The van der Waals surface area contributed by atoms with Crippen molar-refractivity contribution >= 4 is 0 Å². The average Bonchev–Trinajstić information content (AvgIpc) is 2.36. The van der Waals surface area contributed by atoms with Crippen LogP contribution in [0.15, 0.2) is 18.2 Å². The second-order valence-corrected chi connectivity index (χ2v) is 4.81. The lowest BCUT2D eigenvalue weighted by Crippen LogP contribution is -2.38. The molecule has 0 aliphatic carbocycles. The lowest BCUT2D eigenvalue weighted by Gasteiger charge is -2.37. The van der Waals surface area contributed by atoms with Crippen LogP contribution < -0.4 is 4.74 Å². The van der Waals surface area contributed by atoms with Gasteiger partial charge in [-0.15, -0.1) is 0 Å². The van der Waals surface area contributed by atoms with E-state index in [9.17, 15) is 13.2 Å². The Hall–Kier alpha value is -1.19. The van der Waals surface area contributed by atoms with Crippen molar-refractivity contribution < 1.29 is 17.9 Å². The van der Waals surface area contributed by atoms with E-state index >= 15 is 0 Å². The van der Waals surface area contributed by atoms with Gasteiger partial charge in [-0.2, -0.15) is 13.2 Å². The van der Waals surface area contributed by atoms with Crippen LogP contribution in [-0.4, -0.2) is 5.60 Å². The third-order valence-electron chi connectivity index (χ3n) is 3.86. The number of fused-ring (bicyclic) bond motifs is 1. The normalized spacial score (nSPS) is 18.1. The summed E-state index contributed by atoms with van der Waals surface area (Å²) in [6.07, 6.45) is -1.01. The van der Waals surface area contributed by atoms with Crippen molar-refractivity contribution in [3.63, 3.8) is 0 Å². The van der Waals surface area contributed by atoms with E-state index in [0.29, 0.717) is 5.75 Å². The fourth-order valence-corrected chi connectivity index (χ4v) is 2.43. The Bertz CT molecular complexity index is 433. The monoisotopic (exact) mass is 258 g/mol. The van der Waals surface area contributed by atoms with Crippen LogP contribution in [-0.2, 0) is 12.6 Å². The summed E-state index contributed by atoms with van der Waals surface area (Å²) in [6, 6.07) is 3.80. The molecule has 1 nitrogen and oxygen atoms in total. The van der Waals surface area contributed by atoms with Gasteiger partial charge in [0.05, 0.1) is 5.56 Å². The molecule has 0 saturated heterocycles. The first-order valence-electron chi connectivity index (χ1n) is 6.29. The molecule has 1 aromatic rings. The molecule has 1 aromatic carbocycles. The minimum atomic E-state index is -4.31. The van der Waals surface area contributed by atoms with Crippen molar-refractivity contribution in [1.29, 1.82) is 0 Å². The molecule has 0 aromatic heterocycles. The number of ether oxygens (including phenoxy) is 1. The van der Waals surface area contributed by atoms with E-state index in [1.165, 1.54) is 6.07 Å². The van der Waals surface area contributed by atoms with Crippen LogP contribution >= 0.6 is 0 Å². The highest BCUT2D eigenvalue weighted by molar-refractivity contribution is 5.40. The third kappa shape index (κ3) is 2.33. The van der Waals surface area contributed by atoms with Gasteiger partial charge in [-0.05, 0) is 43.4 Å². The molecule has 0 N–H and O–H groups in total. The van der Waals surface area contributed by atoms with Crippen molar-refractivity contribution in [3.05, 3.63) is 29.3 Å². The Balaban J connectivity index is 2.36. The molecule has 1 aliphatic heterocycles. The second-order valence-electron chi connectivity index (χ2n) is 4.81. The van der Waals surface area contributed by atoms with Gasteiger partial charge in [-0.1, -0.05) is 19.9 Å². The Morgan fingerprint density at radius 1 is 1.22 bits per heavy atom. The minimum absolute atomic E-state index is 0.294. The van der Waals surface area contributed by atoms with Gasteiger partial charge in [-0.25, -0.2) is 0 Å². The largest absolute Gasteiger partial charge is 0.487 e. The molecular formula is C14H17F3O. The SMILES string of the molecule is CCC1(CC)CCc2ccc(C(F)(F)F)cc2O1. The molecule has 18 heavy (non-hydrogen) atoms. The number of hydrogen-bond donors (Lipinski definition) is 0. The Labute approximate surface area is 105 Å². The van der Waals surface area contributed by atoms with Gasteiger partial charge in [0, 0.05) is 0 Å². The topological polar surface area (TPSA) is 9.23 Å². The van der Waals surface area contributed by atoms with E-state index in [0.717, 1.165) is 43.4 Å². The summed E-state index contributed by atoms with van der Waals surface area (Å²) in [5.74, 6) is 0.403. The molecule has 1 heterocycles. The highest BCUT2D eigenvalue weighted by Gasteiger charge is 2.36. The van der Waals surface area contributed by atoms with Gasteiger partial charge < -0.3 is 4.74 Å². The van der Waals surface area contributed by atoms with Crippen molar-refractivity contribution in [2.24, 2.45) is 0 Å². The molecule has 4 heteroatoms. The molecule has 0 amide bonds. The fourth-order valence-electron chi connectivity index (χ4n) is 2.43. The van der Waals surface area contributed by atoms with Crippen molar-refractivity contribution in [2.45, 2.75) is 51.3 Å². The third-order valence-corrected chi connectivity index (χ3v) is 3.86. The highest BCUT2D eigenvalue weighted by atomic mass is 19.4. The van der Waals surface area contributed by atoms with E-state index in [1.54, 1.807) is 0 Å². The molecule has 0 bridgehead atoms. The van der Waals surface area contributed by atoms with Crippen molar-refractivity contribution in [1.82, 2.24) is 0 Å². The Kier molecular flexibility index (Phi) is 3.30. The van der Waals surface area contributed by atoms with Gasteiger partial charge in [0.25, 0.3) is 0 Å². The summed E-state index contributed by atoms with van der Waals surface area (Å²) >= 11 is 0. The Morgan fingerprint density at radius 3 is 2.44 bits per heavy atom. The molecule has 0 radical (unpaired) electrons. The van der Waals surface area contributed by atoms with E-state index in [1.807, 2.05) is 13.8 Å². The van der Waals surface area contributed by atoms with Crippen LogP contribution in [0.4, 0.5) is 13.2 Å². The molecule has 0 saturated carbocycles. The standard InChI is InChI=1S/C14H17F3O/c1-3-13(4-2)8-7-10-5-6-11(14(15,16)17)9-12(10)18-13/h5-6,9H,3-4,7-8H2,1-2H3. The highest BCUT2D eigenvalue weighted by Crippen LogP contribution is 2.40. The fraction of sp³-hybridized carbons (Fsp3) is 0.571. The zero-order valence-corrected chi connectivity index (χ0v) is 10.6. The van der Waals surface area contributed by atoms with Crippen LogP contribution in [0.3, 0.4) is 0 Å². The summed E-state index contributed by atoms with van der Waals surface area (Å²) in [5.41, 5.74) is -0.0539. The first-order chi connectivity index (χ1) is 8.40. The number of hydrogen-bond acceptors (Lipinski definition) is 1. The molecule has 2 rings (SSSR count). The van der Waals surface area contributed by atoms with Gasteiger partial charge in [0.15, 0.2) is 0 Å². The zero-order valence-electron chi connectivity index (χ0n) is 10.6. The zero-order chi connectivity index (χ0) is 13.4. The maximum Gasteiger partial charge on any atom is 0.416 e. The number of alkyl halides is 3. The number of benzene rings is 1. The lowest BCUT2D eigenvalue weighted by molar-refractivity contribution is -0.137. The summed E-state index contributed by atoms with van der Waals surface area (Å²) in [5, 5.41) is 0. The van der Waals surface area contributed by atoms with Gasteiger partial charge in [0.2, 0.25) is 0 Å².